The number of rotatable bonds is 1. The third kappa shape index (κ3) is 1.63. The molecule has 0 saturated heterocycles. The summed E-state index contributed by atoms with van der Waals surface area (Å²) in [5.41, 5.74) is 4.16. The van der Waals surface area contributed by atoms with E-state index in [9.17, 15) is 0 Å². The lowest BCUT2D eigenvalue weighted by molar-refractivity contribution is 1.25. The molecule has 60 valence electrons. The van der Waals surface area contributed by atoms with Crippen LogP contribution in [0.25, 0.3) is 0 Å². The van der Waals surface area contributed by atoms with Gasteiger partial charge in [-0.05, 0) is 38.1 Å². The van der Waals surface area contributed by atoms with Crippen molar-refractivity contribution in [1.29, 1.82) is 0 Å². The van der Waals surface area contributed by atoms with Crippen LogP contribution in [0.2, 0.25) is 0 Å². The Morgan fingerprint density at radius 2 is 1.91 bits per heavy atom. The fourth-order valence-corrected chi connectivity index (χ4v) is 1.70. The van der Waals surface area contributed by atoms with Gasteiger partial charge in [0.05, 0.1) is 0 Å². The molecule has 1 rings (SSSR count). The van der Waals surface area contributed by atoms with Crippen LogP contribution in [-0.4, -0.2) is 17.5 Å². The highest BCUT2D eigenvalue weighted by molar-refractivity contribution is 6.17. The van der Waals surface area contributed by atoms with E-state index in [-0.39, 0.29) is 0 Å². The third-order valence-corrected chi connectivity index (χ3v) is 2.54. The van der Waals surface area contributed by atoms with Gasteiger partial charge in [-0.15, -0.1) is 0 Å². The first-order valence-corrected chi connectivity index (χ1v) is 4.76. The van der Waals surface area contributed by atoms with Crippen molar-refractivity contribution in [3.63, 3.8) is 0 Å². The maximum absolute atomic E-state index is 2.28. The lowest BCUT2D eigenvalue weighted by Crippen LogP contribution is -2.12. The van der Waals surface area contributed by atoms with Crippen molar-refractivity contribution in [2.75, 3.05) is 11.6 Å². The van der Waals surface area contributed by atoms with Crippen molar-refractivity contribution in [3.05, 3.63) is 29.3 Å². The van der Waals surface area contributed by atoms with Crippen LogP contribution < -0.4 is 4.57 Å². The fourth-order valence-electron chi connectivity index (χ4n) is 1.22. The molecule has 0 aliphatic carbocycles. The van der Waals surface area contributed by atoms with Gasteiger partial charge in [-0.3, -0.25) is 0 Å². The first-order chi connectivity index (χ1) is 5.13. The Kier molecular flexibility index (Phi) is 2.34. The smallest absolute Gasteiger partial charge is 0.107 e. The molecule has 0 heterocycles. The molecular formula is C9H15NSi. The number of benzene rings is 1. The van der Waals surface area contributed by atoms with E-state index in [1.165, 1.54) is 16.8 Å². The minimum Gasteiger partial charge on any atom is -0.409 e. The Morgan fingerprint density at radius 3 is 2.36 bits per heavy atom. The van der Waals surface area contributed by atoms with Crippen molar-refractivity contribution in [1.82, 2.24) is 0 Å². The van der Waals surface area contributed by atoms with E-state index in [0.717, 1.165) is 10.4 Å². The summed E-state index contributed by atoms with van der Waals surface area (Å²) in [7, 11) is 3.22. The van der Waals surface area contributed by atoms with E-state index in [2.05, 4.69) is 43.7 Å². The van der Waals surface area contributed by atoms with Crippen LogP contribution in [0.5, 0.6) is 0 Å². The highest BCUT2D eigenvalue weighted by atomic mass is 28.2. The minimum atomic E-state index is 1.09. The molecule has 0 unspecified atom stereocenters. The summed E-state index contributed by atoms with van der Waals surface area (Å²) in [5, 5.41) is 0. The average Bonchev–Trinajstić information content (AvgIpc) is 1.94. The molecule has 1 aromatic rings. The molecule has 0 aromatic heterocycles. The second-order valence-corrected chi connectivity index (χ2v) is 4.46. The van der Waals surface area contributed by atoms with Crippen LogP contribution in [0.15, 0.2) is 18.2 Å². The van der Waals surface area contributed by atoms with Gasteiger partial charge in [0.25, 0.3) is 0 Å². The predicted molar refractivity (Wildman–Crippen MR) is 54.3 cm³/mol. The van der Waals surface area contributed by atoms with Crippen LogP contribution >= 0.6 is 0 Å². The number of hydrogen-bond acceptors (Lipinski definition) is 1. The fraction of sp³-hybridized carbons (Fsp3) is 0.333. The van der Waals surface area contributed by atoms with Crippen molar-refractivity contribution < 1.29 is 0 Å². The van der Waals surface area contributed by atoms with Gasteiger partial charge in [0.2, 0.25) is 0 Å². The minimum absolute atomic E-state index is 1.09. The Hall–Kier alpha value is -0.763. The first-order valence-electron chi connectivity index (χ1n) is 3.86. The monoisotopic (exact) mass is 165 g/mol. The van der Waals surface area contributed by atoms with Gasteiger partial charge in [0, 0.05) is 5.69 Å². The quantitative estimate of drug-likeness (QED) is 0.562. The molecule has 11 heavy (non-hydrogen) atoms. The highest BCUT2D eigenvalue weighted by Crippen LogP contribution is 2.19. The van der Waals surface area contributed by atoms with Crippen LogP contribution in [0.1, 0.15) is 11.1 Å². The standard InChI is InChI=1S/C9H15NSi/c1-7-5-4-6-9(8(7)2)10(3)11/h4-6H,1-3,11H3. The lowest BCUT2D eigenvalue weighted by Gasteiger charge is -2.17. The third-order valence-electron chi connectivity index (χ3n) is 2.06. The summed E-state index contributed by atoms with van der Waals surface area (Å²) in [6.45, 7) is 4.34. The van der Waals surface area contributed by atoms with E-state index in [1.807, 2.05) is 0 Å². The normalized spacial score (nSPS) is 10.1. The van der Waals surface area contributed by atoms with Crippen LogP contribution in [0.3, 0.4) is 0 Å². The molecule has 0 bridgehead atoms. The number of aryl methyl sites for hydroxylation is 1. The average molecular weight is 165 g/mol. The predicted octanol–water partition coefficient (Wildman–Crippen LogP) is 1.02. The maximum atomic E-state index is 2.28. The SMILES string of the molecule is Cc1cccc(N(C)[SiH3])c1C. The molecule has 1 aromatic carbocycles. The van der Waals surface area contributed by atoms with Crippen LogP contribution in [0, 0.1) is 13.8 Å². The second-order valence-electron chi connectivity index (χ2n) is 3.11. The van der Waals surface area contributed by atoms with Crippen molar-refractivity contribution in [2.45, 2.75) is 13.8 Å². The first kappa shape index (κ1) is 8.33. The molecule has 0 spiro atoms. The topological polar surface area (TPSA) is 3.24 Å². The molecule has 0 amide bonds. The zero-order valence-electron chi connectivity index (χ0n) is 7.68. The Bertz CT molecular complexity index is 256. The summed E-state index contributed by atoms with van der Waals surface area (Å²) in [6, 6.07) is 6.45. The molecule has 1 nitrogen and oxygen atoms in total. The Labute approximate surface area is 71.5 Å². The molecule has 2 heteroatoms. The molecular weight excluding hydrogens is 150 g/mol. The summed E-state index contributed by atoms with van der Waals surface area (Å²) >= 11 is 0. The summed E-state index contributed by atoms with van der Waals surface area (Å²) in [4.78, 5) is 0. The zero-order valence-corrected chi connectivity index (χ0v) is 9.68. The van der Waals surface area contributed by atoms with Gasteiger partial charge in [0.15, 0.2) is 0 Å². The van der Waals surface area contributed by atoms with Crippen LogP contribution in [0.4, 0.5) is 5.69 Å². The summed E-state index contributed by atoms with van der Waals surface area (Å²) in [6.07, 6.45) is 0. The van der Waals surface area contributed by atoms with Crippen molar-refractivity contribution >= 4 is 16.1 Å². The summed E-state index contributed by atoms with van der Waals surface area (Å²) < 4.78 is 2.28. The van der Waals surface area contributed by atoms with E-state index >= 15 is 0 Å². The Balaban J connectivity index is 3.17. The molecule has 0 N–H and O–H groups in total. The molecule has 0 atom stereocenters. The van der Waals surface area contributed by atoms with Crippen molar-refractivity contribution in [2.24, 2.45) is 0 Å². The van der Waals surface area contributed by atoms with E-state index in [0.29, 0.717) is 0 Å². The van der Waals surface area contributed by atoms with Gasteiger partial charge in [-0.1, -0.05) is 12.1 Å². The number of nitrogens with zero attached hydrogens (tertiary/aromatic N) is 1. The number of hydrogen-bond donors (Lipinski definition) is 0. The van der Waals surface area contributed by atoms with Crippen molar-refractivity contribution in [3.8, 4) is 0 Å². The van der Waals surface area contributed by atoms with Crippen LogP contribution in [-0.2, 0) is 0 Å². The van der Waals surface area contributed by atoms with Gasteiger partial charge >= 0.3 is 0 Å². The van der Waals surface area contributed by atoms with Gasteiger partial charge in [0.1, 0.15) is 10.4 Å². The van der Waals surface area contributed by atoms with Gasteiger partial charge < -0.3 is 4.57 Å². The van der Waals surface area contributed by atoms with E-state index in [1.54, 1.807) is 0 Å². The highest BCUT2D eigenvalue weighted by Gasteiger charge is 1.99. The molecule has 0 aliphatic rings. The molecule has 0 fully saturated rings. The van der Waals surface area contributed by atoms with Gasteiger partial charge in [-0.2, -0.15) is 0 Å². The second kappa shape index (κ2) is 3.09. The van der Waals surface area contributed by atoms with E-state index in [4.69, 9.17) is 0 Å². The molecule has 0 aliphatic heterocycles. The van der Waals surface area contributed by atoms with Gasteiger partial charge in [-0.25, -0.2) is 0 Å². The Morgan fingerprint density at radius 1 is 1.27 bits per heavy atom. The zero-order chi connectivity index (χ0) is 8.43. The van der Waals surface area contributed by atoms with E-state index < -0.39 is 0 Å². The molecule has 0 saturated carbocycles. The number of anilines is 1. The maximum Gasteiger partial charge on any atom is 0.107 e. The largest absolute Gasteiger partial charge is 0.409 e. The lowest BCUT2D eigenvalue weighted by atomic mass is 10.1. The summed E-state index contributed by atoms with van der Waals surface area (Å²) in [5.74, 6) is 0. The molecule has 0 radical (unpaired) electrons.